The number of carbonyl (C=O) groups excluding carboxylic acids is 1. The van der Waals surface area contributed by atoms with E-state index in [0.717, 1.165) is 33.0 Å². The maximum Gasteiger partial charge on any atom is 0.339 e. The highest BCUT2D eigenvalue weighted by atomic mass is 19.1. The number of nitrogens with one attached hydrogen (secondary N) is 1. The molecule has 3 aromatic carbocycles. The molecule has 5 aromatic rings. The van der Waals surface area contributed by atoms with Crippen molar-refractivity contribution >= 4 is 27.8 Å². The van der Waals surface area contributed by atoms with E-state index in [1.807, 2.05) is 25.1 Å². The van der Waals surface area contributed by atoms with Crippen LogP contribution in [0, 0.1) is 12.7 Å². The first-order chi connectivity index (χ1) is 17.4. The number of hydrogen-bond acceptors (Lipinski definition) is 5. The smallest absolute Gasteiger partial charge is 0.339 e. The number of aromatic hydroxyl groups is 1. The molecule has 6 nitrogen and oxygen atoms in total. The van der Waals surface area contributed by atoms with Crippen LogP contribution >= 0.6 is 0 Å². The van der Waals surface area contributed by atoms with E-state index in [-0.39, 0.29) is 30.3 Å². The van der Waals surface area contributed by atoms with E-state index in [4.69, 9.17) is 8.83 Å². The molecule has 0 unspecified atom stereocenters. The molecule has 2 heterocycles. The predicted molar refractivity (Wildman–Crippen MR) is 136 cm³/mol. The number of phenolic OH excluding ortho intramolecular Hbond substituents is 1. The monoisotopic (exact) mass is 485 g/mol. The maximum atomic E-state index is 13.4. The third-order valence-electron chi connectivity index (χ3n) is 6.41. The van der Waals surface area contributed by atoms with Crippen LogP contribution in [0.15, 0.2) is 80.6 Å². The van der Waals surface area contributed by atoms with Crippen molar-refractivity contribution in [2.45, 2.75) is 26.2 Å². The van der Waals surface area contributed by atoms with Gasteiger partial charge in [-0.25, -0.2) is 9.18 Å². The summed E-state index contributed by atoms with van der Waals surface area (Å²) in [5.74, 6) is -0.271. The average Bonchev–Trinajstić information content (AvgIpc) is 3.27. The average molecular weight is 486 g/mol. The van der Waals surface area contributed by atoms with Crippen molar-refractivity contribution in [3.05, 3.63) is 99.9 Å². The molecule has 0 bridgehead atoms. The highest BCUT2D eigenvalue weighted by molar-refractivity contribution is 6.02. The van der Waals surface area contributed by atoms with E-state index in [0.29, 0.717) is 29.7 Å². The topological polar surface area (TPSA) is 92.7 Å². The first-order valence-corrected chi connectivity index (χ1v) is 11.7. The fraction of sp³-hybridized carbons (Fsp3) is 0.172. The highest BCUT2D eigenvalue weighted by Gasteiger charge is 2.17. The maximum absolute atomic E-state index is 13.4. The third kappa shape index (κ3) is 4.73. The lowest BCUT2D eigenvalue weighted by molar-refractivity contribution is -0.121. The molecule has 0 radical (unpaired) electrons. The molecule has 2 aromatic heterocycles. The predicted octanol–water partition coefficient (Wildman–Crippen LogP) is 5.65. The van der Waals surface area contributed by atoms with Gasteiger partial charge in [0.25, 0.3) is 0 Å². The van der Waals surface area contributed by atoms with Gasteiger partial charge in [0.1, 0.15) is 22.7 Å². The molecule has 0 saturated heterocycles. The quantitative estimate of drug-likeness (QED) is 0.291. The molecule has 0 fully saturated rings. The van der Waals surface area contributed by atoms with Crippen molar-refractivity contribution in [2.75, 3.05) is 6.54 Å². The Morgan fingerprint density at radius 1 is 0.972 bits per heavy atom. The van der Waals surface area contributed by atoms with Gasteiger partial charge in [-0.05, 0) is 66.8 Å². The van der Waals surface area contributed by atoms with Crippen LogP contribution in [0.25, 0.3) is 33.1 Å². The van der Waals surface area contributed by atoms with Crippen molar-refractivity contribution in [1.82, 2.24) is 5.32 Å². The van der Waals surface area contributed by atoms with E-state index < -0.39 is 5.63 Å². The van der Waals surface area contributed by atoms with Gasteiger partial charge in [-0.1, -0.05) is 24.3 Å². The zero-order valence-corrected chi connectivity index (χ0v) is 19.6. The second kappa shape index (κ2) is 9.70. The minimum absolute atomic E-state index is 0.154. The van der Waals surface area contributed by atoms with Gasteiger partial charge in [0, 0.05) is 40.9 Å². The van der Waals surface area contributed by atoms with Crippen molar-refractivity contribution < 1.29 is 23.1 Å². The molecule has 36 heavy (non-hydrogen) atoms. The van der Waals surface area contributed by atoms with Gasteiger partial charge in [-0.15, -0.1) is 0 Å². The molecule has 7 heteroatoms. The van der Waals surface area contributed by atoms with E-state index in [1.54, 1.807) is 36.6 Å². The lowest BCUT2D eigenvalue weighted by Crippen LogP contribution is -2.26. The summed E-state index contributed by atoms with van der Waals surface area (Å²) in [6.07, 6.45) is 2.65. The molecule has 0 saturated carbocycles. The molecular weight excluding hydrogens is 461 g/mol. The number of aryl methyl sites for hydroxylation is 1. The summed E-state index contributed by atoms with van der Waals surface area (Å²) >= 11 is 0. The van der Waals surface area contributed by atoms with Crippen molar-refractivity contribution in [3.8, 4) is 16.9 Å². The summed E-state index contributed by atoms with van der Waals surface area (Å²) in [5, 5.41) is 13.8. The summed E-state index contributed by atoms with van der Waals surface area (Å²) in [6.45, 7) is 2.31. The Hall–Kier alpha value is -4.39. The molecule has 0 aliphatic heterocycles. The zero-order valence-electron chi connectivity index (χ0n) is 19.6. The zero-order chi connectivity index (χ0) is 25.2. The molecule has 1 amide bonds. The first-order valence-electron chi connectivity index (χ1n) is 11.7. The van der Waals surface area contributed by atoms with Gasteiger partial charge in [0.15, 0.2) is 0 Å². The SMILES string of the molecule is Cc1c(CCC(=O)NCCc2ccc(O)cc2)c(=O)oc2cc3occ(-c4ccc(F)cc4)c3cc12. The standard InChI is InChI=1S/C29H24FNO5/c1-17-22(10-11-28(33)31-13-12-18-2-8-21(32)9-3-18)29(34)36-27-15-26-24(14-23(17)27)25(16-35-26)19-4-6-20(30)7-5-19/h2-9,14-16,32H,10-13H2,1H3,(H,31,33). The van der Waals surface area contributed by atoms with E-state index in [2.05, 4.69) is 5.32 Å². The number of fused-ring (bicyclic) bond motifs is 2. The minimum atomic E-state index is -0.471. The molecule has 0 spiro atoms. The Bertz CT molecular complexity index is 1610. The van der Waals surface area contributed by atoms with Crippen LogP contribution in [0.1, 0.15) is 23.1 Å². The Morgan fingerprint density at radius 3 is 2.47 bits per heavy atom. The van der Waals surface area contributed by atoms with Gasteiger partial charge < -0.3 is 19.3 Å². The van der Waals surface area contributed by atoms with Crippen LogP contribution in [-0.4, -0.2) is 17.6 Å². The van der Waals surface area contributed by atoms with E-state index in [1.165, 1.54) is 12.1 Å². The largest absolute Gasteiger partial charge is 0.508 e. The van der Waals surface area contributed by atoms with E-state index in [9.17, 15) is 19.1 Å². The van der Waals surface area contributed by atoms with Crippen molar-refractivity contribution in [1.29, 1.82) is 0 Å². The van der Waals surface area contributed by atoms with Gasteiger partial charge in [-0.3, -0.25) is 4.79 Å². The number of amides is 1. The Kier molecular flexibility index (Phi) is 6.29. The van der Waals surface area contributed by atoms with Crippen LogP contribution in [0.3, 0.4) is 0 Å². The van der Waals surface area contributed by atoms with Crippen LogP contribution in [0.2, 0.25) is 0 Å². The molecule has 2 N–H and O–H groups in total. The number of benzene rings is 3. The summed E-state index contributed by atoms with van der Waals surface area (Å²) in [5.41, 5.74) is 4.35. The van der Waals surface area contributed by atoms with Crippen LogP contribution < -0.4 is 10.9 Å². The molecular formula is C29H24FNO5. The Morgan fingerprint density at radius 2 is 1.72 bits per heavy atom. The number of rotatable bonds is 7. The Balaban J connectivity index is 1.34. The van der Waals surface area contributed by atoms with E-state index >= 15 is 0 Å². The minimum Gasteiger partial charge on any atom is -0.508 e. The summed E-state index contributed by atoms with van der Waals surface area (Å²) in [4.78, 5) is 25.1. The number of furan rings is 1. The second-order valence-electron chi connectivity index (χ2n) is 8.76. The van der Waals surface area contributed by atoms with Gasteiger partial charge in [0.05, 0.1) is 6.26 Å². The normalized spacial score (nSPS) is 11.3. The fourth-order valence-electron chi connectivity index (χ4n) is 4.39. The van der Waals surface area contributed by atoms with Crippen LogP contribution in [0.4, 0.5) is 4.39 Å². The number of carbonyl (C=O) groups is 1. The number of halogens is 1. The first kappa shape index (κ1) is 23.4. The third-order valence-corrected chi connectivity index (χ3v) is 6.41. The van der Waals surface area contributed by atoms with Crippen LogP contribution in [-0.2, 0) is 17.6 Å². The van der Waals surface area contributed by atoms with Crippen molar-refractivity contribution in [2.24, 2.45) is 0 Å². The molecule has 0 atom stereocenters. The summed E-state index contributed by atoms with van der Waals surface area (Å²) in [6, 6.07) is 16.6. The van der Waals surface area contributed by atoms with Crippen LogP contribution in [0.5, 0.6) is 5.75 Å². The second-order valence-corrected chi connectivity index (χ2v) is 8.76. The van der Waals surface area contributed by atoms with Crippen molar-refractivity contribution in [3.63, 3.8) is 0 Å². The summed E-state index contributed by atoms with van der Waals surface area (Å²) in [7, 11) is 0. The molecule has 5 rings (SSSR count). The lowest BCUT2D eigenvalue weighted by atomic mass is 9.99. The lowest BCUT2D eigenvalue weighted by Gasteiger charge is -2.09. The molecule has 0 aliphatic rings. The van der Waals surface area contributed by atoms with Gasteiger partial charge in [-0.2, -0.15) is 0 Å². The Labute approximate surface area is 206 Å². The molecule has 182 valence electrons. The van der Waals surface area contributed by atoms with Gasteiger partial charge >= 0.3 is 5.63 Å². The fourth-order valence-corrected chi connectivity index (χ4v) is 4.39. The number of phenols is 1. The number of hydrogen-bond donors (Lipinski definition) is 2. The highest BCUT2D eigenvalue weighted by Crippen LogP contribution is 2.34. The molecule has 0 aliphatic carbocycles. The summed E-state index contributed by atoms with van der Waals surface area (Å²) < 4.78 is 24.6. The van der Waals surface area contributed by atoms with Gasteiger partial charge in [0.2, 0.25) is 5.91 Å².